The maximum atomic E-state index is 14.3. The van der Waals surface area contributed by atoms with E-state index in [0.717, 1.165) is 17.4 Å². The van der Waals surface area contributed by atoms with Crippen LogP contribution in [0, 0.1) is 5.82 Å². The number of nitrogens with zero attached hydrogens (tertiary/aromatic N) is 2. The van der Waals surface area contributed by atoms with Gasteiger partial charge < -0.3 is 20.7 Å². The van der Waals surface area contributed by atoms with Gasteiger partial charge >= 0.3 is 0 Å². The fourth-order valence-electron chi connectivity index (χ4n) is 3.51. The second-order valence-electron chi connectivity index (χ2n) is 6.97. The van der Waals surface area contributed by atoms with Crippen molar-refractivity contribution in [3.63, 3.8) is 0 Å². The Morgan fingerprint density at radius 3 is 2.97 bits per heavy atom. The number of benzene rings is 2. The number of fused-ring (bicyclic) bond motifs is 1. The van der Waals surface area contributed by atoms with Crippen molar-refractivity contribution in [1.29, 1.82) is 0 Å². The molecule has 1 atom stereocenters. The quantitative estimate of drug-likeness (QED) is 0.534. The number of rotatable bonds is 7. The Morgan fingerprint density at radius 2 is 2.20 bits per heavy atom. The third-order valence-corrected chi connectivity index (χ3v) is 5.37. The van der Waals surface area contributed by atoms with Crippen LogP contribution in [-0.2, 0) is 11.2 Å². The number of hydrogen-bond acceptors (Lipinski definition) is 6. The summed E-state index contributed by atoms with van der Waals surface area (Å²) in [5.74, 6) is 0.648. The SMILES string of the molecule is COc1cc2ncnc(Nc3cccc(Cl)c3F)c2cc1CCN[C@H]1CCNC1=O. The lowest BCUT2D eigenvalue weighted by atomic mass is 10.1. The third-order valence-electron chi connectivity index (χ3n) is 5.08. The van der Waals surface area contributed by atoms with E-state index < -0.39 is 5.82 Å². The number of halogens is 2. The number of carbonyl (C=O) groups is 1. The molecule has 1 aromatic heterocycles. The van der Waals surface area contributed by atoms with Crippen LogP contribution in [0.25, 0.3) is 10.9 Å². The van der Waals surface area contributed by atoms with E-state index >= 15 is 0 Å². The fraction of sp³-hybridized carbons (Fsp3) is 0.286. The predicted octanol–water partition coefficient (Wildman–Crippen LogP) is 3.20. The van der Waals surface area contributed by atoms with Crippen molar-refractivity contribution in [2.24, 2.45) is 0 Å². The van der Waals surface area contributed by atoms with Crippen molar-refractivity contribution in [3.8, 4) is 5.75 Å². The predicted molar refractivity (Wildman–Crippen MR) is 114 cm³/mol. The van der Waals surface area contributed by atoms with Crippen molar-refractivity contribution in [3.05, 3.63) is 53.1 Å². The van der Waals surface area contributed by atoms with Gasteiger partial charge in [-0.25, -0.2) is 14.4 Å². The van der Waals surface area contributed by atoms with Gasteiger partial charge in [0.15, 0.2) is 5.82 Å². The number of nitrogens with one attached hydrogen (secondary N) is 3. The van der Waals surface area contributed by atoms with Crippen molar-refractivity contribution >= 4 is 39.9 Å². The second kappa shape index (κ2) is 8.81. The lowest BCUT2D eigenvalue weighted by molar-refractivity contribution is -0.120. The number of aromatic nitrogens is 2. The first-order chi connectivity index (χ1) is 14.6. The summed E-state index contributed by atoms with van der Waals surface area (Å²) in [7, 11) is 1.60. The third kappa shape index (κ3) is 4.15. The molecule has 0 unspecified atom stereocenters. The van der Waals surface area contributed by atoms with E-state index in [1.165, 1.54) is 12.4 Å². The molecule has 1 aliphatic heterocycles. The zero-order chi connectivity index (χ0) is 21.1. The lowest BCUT2D eigenvalue weighted by Gasteiger charge is -2.15. The fourth-order valence-corrected chi connectivity index (χ4v) is 3.69. The monoisotopic (exact) mass is 429 g/mol. The lowest BCUT2D eigenvalue weighted by Crippen LogP contribution is -2.37. The molecule has 0 aliphatic carbocycles. The largest absolute Gasteiger partial charge is 0.496 e. The van der Waals surface area contributed by atoms with Gasteiger partial charge in [-0.15, -0.1) is 0 Å². The van der Waals surface area contributed by atoms with Gasteiger partial charge in [0.05, 0.1) is 29.4 Å². The van der Waals surface area contributed by atoms with Gasteiger partial charge in [0, 0.05) is 24.5 Å². The minimum atomic E-state index is -0.543. The van der Waals surface area contributed by atoms with Crippen LogP contribution in [0.3, 0.4) is 0 Å². The molecule has 1 fully saturated rings. The van der Waals surface area contributed by atoms with Crippen LogP contribution in [0.1, 0.15) is 12.0 Å². The van der Waals surface area contributed by atoms with Crippen LogP contribution < -0.4 is 20.7 Å². The van der Waals surface area contributed by atoms with Crippen molar-refractivity contribution < 1.29 is 13.9 Å². The number of amides is 1. The molecule has 3 N–H and O–H groups in total. The Hall–Kier alpha value is -2.97. The molecule has 3 aromatic rings. The Balaban J connectivity index is 1.61. The number of methoxy groups -OCH3 is 1. The molecule has 2 aromatic carbocycles. The summed E-state index contributed by atoms with van der Waals surface area (Å²) < 4.78 is 19.9. The summed E-state index contributed by atoms with van der Waals surface area (Å²) in [5, 5.41) is 9.85. The highest BCUT2D eigenvalue weighted by atomic mass is 35.5. The van der Waals surface area contributed by atoms with E-state index in [2.05, 4.69) is 25.9 Å². The standard InChI is InChI=1S/C21H21ClFN5O2/c1-30-18-10-17-13(9-12(18)5-7-24-16-6-8-25-21(16)29)20(27-11-26-17)28-15-4-2-3-14(22)19(15)23/h2-4,9-11,16,24H,5-8H2,1H3,(H,25,29)(H,26,27,28)/t16-/m0/s1. The normalized spacial score (nSPS) is 16.0. The summed E-state index contributed by atoms with van der Waals surface area (Å²) in [6.45, 7) is 1.31. The van der Waals surface area contributed by atoms with Gasteiger partial charge in [-0.2, -0.15) is 0 Å². The highest BCUT2D eigenvalue weighted by Crippen LogP contribution is 2.31. The zero-order valence-corrected chi connectivity index (χ0v) is 17.1. The molecule has 156 valence electrons. The molecule has 1 aliphatic rings. The molecule has 1 saturated heterocycles. The van der Waals surface area contributed by atoms with E-state index in [0.29, 0.717) is 36.6 Å². The van der Waals surface area contributed by atoms with Crippen molar-refractivity contribution in [2.45, 2.75) is 18.9 Å². The van der Waals surface area contributed by atoms with Crippen LogP contribution >= 0.6 is 11.6 Å². The number of ether oxygens (including phenoxy) is 1. The van der Waals surface area contributed by atoms with Gasteiger partial charge in [-0.1, -0.05) is 17.7 Å². The molecule has 4 rings (SSSR count). The molecule has 1 amide bonds. The van der Waals surface area contributed by atoms with Crippen LogP contribution in [0.4, 0.5) is 15.9 Å². The minimum Gasteiger partial charge on any atom is -0.496 e. The Morgan fingerprint density at radius 1 is 1.33 bits per heavy atom. The Kier molecular flexibility index (Phi) is 5.96. The second-order valence-corrected chi connectivity index (χ2v) is 7.37. The average molecular weight is 430 g/mol. The smallest absolute Gasteiger partial charge is 0.237 e. The zero-order valence-electron chi connectivity index (χ0n) is 16.3. The summed E-state index contributed by atoms with van der Waals surface area (Å²) in [4.78, 5) is 20.3. The molecule has 7 nitrogen and oxygen atoms in total. The molecule has 0 spiro atoms. The van der Waals surface area contributed by atoms with E-state index in [9.17, 15) is 9.18 Å². The number of hydrogen-bond donors (Lipinski definition) is 3. The molecule has 30 heavy (non-hydrogen) atoms. The van der Waals surface area contributed by atoms with Crippen LogP contribution in [0.2, 0.25) is 5.02 Å². The molecule has 0 bridgehead atoms. The van der Waals surface area contributed by atoms with Gasteiger partial charge in [0.2, 0.25) is 5.91 Å². The molecule has 2 heterocycles. The van der Waals surface area contributed by atoms with Crippen LogP contribution in [-0.4, -0.2) is 42.1 Å². The molecule has 9 heteroatoms. The number of carbonyl (C=O) groups excluding carboxylic acids is 1. The Bertz CT molecular complexity index is 1090. The van der Waals surface area contributed by atoms with Crippen molar-refractivity contribution in [2.75, 3.05) is 25.5 Å². The minimum absolute atomic E-state index is 0.0303. The summed E-state index contributed by atoms with van der Waals surface area (Å²) >= 11 is 5.88. The van der Waals surface area contributed by atoms with Gasteiger partial charge in [-0.3, -0.25) is 4.79 Å². The molecular weight excluding hydrogens is 409 g/mol. The number of anilines is 2. The Labute approximate surface area is 178 Å². The average Bonchev–Trinajstić information content (AvgIpc) is 3.16. The molecule has 0 radical (unpaired) electrons. The van der Waals surface area contributed by atoms with E-state index in [-0.39, 0.29) is 22.7 Å². The van der Waals surface area contributed by atoms with Gasteiger partial charge in [0.25, 0.3) is 0 Å². The molecule has 0 saturated carbocycles. The summed E-state index contributed by atoms with van der Waals surface area (Å²) in [5.41, 5.74) is 1.83. The maximum Gasteiger partial charge on any atom is 0.237 e. The first-order valence-corrected chi connectivity index (χ1v) is 9.98. The highest BCUT2D eigenvalue weighted by Gasteiger charge is 2.23. The van der Waals surface area contributed by atoms with E-state index in [1.807, 2.05) is 12.1 Å². The molecular formula is C21H21ClFN5O2. The maximum absolute atomic E-state index is 14.3. The van der Waals surface area contributed by atoms with Gasteiger partial charge in [0.1, 0.15) is 17.9 Å². The first-order valence-electron chi connectivity index (χ1n) is 9.60. The first kappa shape index (κ1) is 20.3. The van der Waals surface area contributed by atoms with E-state index in [4.69, 9.17) is 16.3 Å². The van der Waals surface area contributed by atoms with E-state index in [1.54, 1.807) is 19.2 Å². The topological polar surface area (TPSA) is 88.2 Å². The van der Waals surface area contributed by atoms with Crippen molar-refractivity contribution in [1.82, 2.24) is 20.6 Å². The van der Waals surface area contributed by atoms with Crippen LogP contribution in [0.15, 0.2) is 36.7 Å². The highest BCUT2D eigenvalue weighted by molar-refractivity contribution is 6.31. The van der Waals surface area contributed by atoms with Crippen LogP contribution in [0.5, 0.6) is 5.75 Å². The summed E-state index contributed by atoms with van der Waals surface area (Å²) in [6, 6.07) is 8.33. The summed E-state index contributed by atoms with van der Waals surface area (Å²) in [6.07, 6.45) is 2.83. The van der Waals surface area contributed by atoms with Gasteiger partial charge in [-0.05, 0) is 36.6 Å².